The molecule has 4 rings (SSSR count). The maximum Gasteiger partial charge on any atom is 0.163 e. The molecular formula is C28H37NO. The highest BCUT2D eigenvalue weighted by Crippen LogP contribution is 2.39. The molecule has 2 heteroatoms. The van der Waals surface area contributed by atoms with Crippen LogP contribution >= 0.6 is 0 Å². The van der Waals surface area contributed by atoms with Crippen LogP contribution in [0.3, 0.4) is 0 Å². The van der Waals surface area contributed by atoms with Gasteiger partial charge in [0.15, 0.2) is 5.78 Å². The molecule has 2 fully saturated rings. The Bertz CT molecular complexity index is 865. The van der Waals surface area contributed by atoms with Crippen LogP contribution in [0.25, 0.3) is 0 Å². The summed E-state index contributed by atoms with van der Waals surface area (Å²) in [6.07, 6.45) is 17.8. The van der Waals surface area contributed by atoms with E-state index in [1.54, 1.807) is 6.08 Å². The normalized spacial score (nSPS) is 24.8. The van der Waals surface area contributed by atoms with Gasteiger partial charge in [0.25, 0.3) is 0 Å². The van der Waals surface area contributed by atoms with Crippen LogP contribution in [0.4, 0.5) is 5.69 Å². The van der Waals surface area contributed by atoms with Crippen molar-refractivity contribution >= 4 is 11.5 Å². The molecule has 1 unspecified atom stereocenters. The third kappa shape index (κ3) is 4.86. The second-order valence-electron chi connectivity index (χ2n) is 9.31. The van der Waals surface area contributed by atoms with E-state index in [0.29, 0.717) is 5.92 Å². The molecule has 30 heavy (non-hydrogen) atoms. The molecule has 0 aromatic heterocycles. The van der Waals surface area contributed by atoms with E-state index in [2.05, 4.69) is 54.8 Å². The van der Waals surface area contributed by atoms with Crippen molar-refractivity contribution in [2.24, 2.45) is 11.8 Å². The smallest absolute Gasteiger partial charge is 0.163 e. The SMILES string of the molecule is C=C1/C(=C\C=C(/C)Cc2ccc(N3CCCCC3)cc2)C=CC(=O)C1C1CCCC1.[HH]. The molecule has 1 aliphatic heterocycles. The molecule has 0 amide bonds. The van der Waals surface area contributed by atoms with Crippen LogP contribution < -0.4 is 4.90 Å². The van der Waals surface area contributed by atoms with Gasteiger partial charge in [-0.2, -0.15) is 0 Å². The molecule has 160 valence electrons. The zero-order valence-corrected chi connectivity index (χ0v) is 18.4. The lowest BCUT2D eigenvalue weighted by molar-refractivity contribution is -0.118. The van der Waals surface area contributed by atoms with E-state index in [1.807, 2.05) is 6.08 Å². The summed E-state index contributed by atoms with van der Waals surface area (Å²) >= 11 is 0. The van der Waals surface area contributed by atoms with Gasteiger partial charge < -0.3 is 4.90 Å². The van der Waals surface area contributed by atoms with Gasteiger partial charge in [0.05, 0.1) is 0 Å². The molecule has 1 saturated carbocycles. The number of hydrogen-bond donors (Lipinski definition) is 0. The van der Waals surface area contributed by atoms with Crippen LogP contribution in [0.2, 0.25) is 0 Å². The summed E-state index contributed by atoms with van der Waals surface area (Å²) in [6, 6.07) is 9.08. The number of carbonyl (C=O) groups is 1. The number of allylic oxidation sites excluding steroid dienone is 7. The van der Waals surface area contributed by atoms with E-state index in [9.17, 15) is 4.79 Å². The average Bonchev–Trinajstić information content (AvgIpc) is 3.29. The molecule has 1 heterocycles. The Balaban J connectivity index is 0.00000272. The Morgan fingerprint density at radius 1 is 1.07 bits per heavy atom. The van der Waals surface area contributed by atoms with Gasteiger partial charge in [-0.3, -0.25) is 4.79 Å². The summed E-state index contributed by atoms with van der Waals surface area (Å²) in [5.74, 6) is 0.736. The van der Waals surface area contributed by atoms with Crippen LogP contribution in [0.15, 0.2) is 71.9 Å². The fourth-order valence-corrected chi connectivity index (χ4v) is 5.29. The summed E-state index contributed by atoms with van der Waals surface area (Å²) in [5, 5.41) is 0. The van der Waals surface area contributed by atoms with E-state index < -0.39 is 0 Å². The third-order valence-electron chi connectivity index (χ3n) is 7.04. The third-order valence-corrected chi connectivity index (χ3v) is 7.04. The molecule has 2 nitrogen and oxygen atoms in total. The molecule has 1 aromatic rings. The Kier molecular flexibility index (Phi) is 6.72. The molecule has 0 N–H and O–H groups in total. The molecule has 3 aliphatic rings. The number of benzene rings is 1. The minimum atomic E-state index is -0.000197. The zero-order chi connectivity index (χ0) is 20.9. The fourth-order valence-electron chi connectivity index (χ4n) is 5.29. The van der Waals surface area contributed by atoms with Crippen molar-refractivity contribution in [3.63, 3.8) is 0 Å². The van der Waals surface area contributed by atoms with Crippen molar-refractivity contribution in [2.75, 3.05) is 18.0 Å². The number of piperidine rings is 1. The first-order valence-electron chi connectivity index (χ1n) is 11.7. The first-order valence-corrected chi connectivity index (χ1v) is 11.7. The van der Waals surface area contributed by atoms with E-state index >= 15 is 0 Å². The van der Waals surface area contributed by atoms with E-state index in [1.165, 1.54) is 74.9 Å². The number of ketones is 1. The lowest BCUT2D eigenvalue weighted by Gasteiger charge is -2.28. The summed E-state index contributed by atoms with van der Waals surface area (Å²) < 4.78 is 0. The minimum absolute atomic E-state index is 0. The second-order valence-corrected chi connectivity index (χ2v) is 9.31. The number of nitrogens with zero attached hydrogens (tertiary/aromatic N) is 1. The highest BCUT2D eigenvalue weighted by Gasteiger charge is 2.34. The van der Waals surface area contributed by atoms with Gasteiger partial charge in [0.2, 0.25) is 0 Å². The molecular weight excluding hydrogens is 366 g/mol. The summed E-state index contributed by atoms with van der Waals surface area (Å²) in [5.41, 5.74) is 6.16. The van der Waals surface area contributed by atoms with Gasteiger partial charge in [0.1, 0.15) is 0 Å². The van der Waals surface area contributed by atoms with E-state index in [-0.39, 0.29) is 13.1 Å². The monoisotopic (exact) mass is 403 g/mol. The Morgan fingerprint density at radius 3 is 2.47 bits per heavy atom. The van der Waals surface area contributed by atoms with Crippen molar-refractivity contribution in [3.8, 4) is 0 Å². The lowest BCUT2D eigenvalue weighted by Crippen LogP contribution is -2.29. The number of rotatable bonds is 5. The zero-order valence-electron chi connectivity index (χ0n) is 18.4. The maximum absolute atomic E-state index is 12.5. The van der Waals surface area contributed by atoms with Crippen LogP contribution in [-0.4, -0.2) is 18.9 Å². The molecule has 2 aliphatic carbocycles. The average molecular weight is 404 g/mol. The highest BCUT2D eigenvalue weighted by atomic mass is 16.1. The molecule has 1 aromatic carbocycles. The van der Waals surface area contributed by atoms with Crippen molar-refractivity contribution in [1.82, 2.24) is 0 Å². The fraction of sp³-hybridized carbons (Fsp3) is 0.464. The standard InChI is InChI=1S/C28H35NO.H2/c1-21(20-23-11-15-26(16-12-23)29-18-6-3-7-19-29)10-13-24-14-17-27(30)28(22(24)2)25-8-4-5-9-25;/h10-17,25,28H,2-9,18-20H2,1H3;1H/b21-10+,24-13-;. The highest BCUT2D eigenvalue weighted by molar-refractivity contribution is 5.97. The van der Waals surface area contributed by atoms with Gasteiger partial charge in [-0.15, -0.1) is 0 Å². The minimum Gasteiger partial charge on any atom is -0.372 e. The lowest BCUT2D eigenvalue weighted by atomic mass is 9.76. The predicted molar refractivity (Wildman–Crippen MR) is 129 cm³/mol. The first-order chi connectivity index (χ1) is 14.6. The topological polar surface area (TPSA) is 20.3 Å². The van der Waals surface area contributed by atoms with Gasteiger partial charge in [-0.25, -0.2) is 0 Å². The Morgan fingerprint density at radius 2 is 1.77 bits per heavy atom. The second kappa shape index (κ2) is 9.64. The van der Waals surface area contributed by atoms with Crippen LogP contribution in [0.5, 0.6) is 0 Å². The van der Waals surface area contributed by atoms with Crippen molar-refractivity contribution in [1.29, 1.82) is 0 Å². The van der Waals surface area contributed by atoms with Crippen LogP contribution in [0.1, 0.15) is 58.9 Å². The molecule has 0 bridgehead atoms. The molecule has 1 atom stereocenters. The number of carbonyl (C=O) groups excluding carboxylic acids is 1. The van der Waals surface area contributed by atoms with Gasteiger partial charge in [0, 0.05) is 26.1 Å². The van der Waals surface area contributed by atoms with Crippen LogP contribution in [0, 0.1) is 11.8 Å². The van der Waals surface area contributed by atoms with Crippen molar-refractivity contribution in [2.45, 2.75) is 58.3 Å². The maximum atomic E-state index is 12.5. The molecule has 1 saturated heterocycles. The Labute approximate surface area is 183 Å². The number of hydrogen-bond acceptors (Lipinski definition) is 2. The molecule has 0 radical (unpaired) electrons. The van der Waals surface area contributed by atoms with Gasteiger partial charge in [-0.05, 0) is 86.3 Å². The van der Waals surface area contributed by atoms with Gasteiger partial charge >= 0.3 is 0 Å². The van der Waals surface area contributed by atoms with Crippen molar-refractivity contribution < 1.29 is 6.22 Å². The van der Waals surface area contributed by atoms with E-state index in [0.717, 1.165) is 17.6 Å². The summed E-state index contributed by atoms with van der Waals surface area (Å²) in [6.45, 7) is 8.88. The van der Waals surface area contributed by atoms with Crippen molar-refractivity contribution in [3.05, 3.63) is 77.4 Å². The Hall–Kier alpha value is -2.35. The summed E-state index contributed by atoms with van der Waals surface area (Å²) in [7, 11) is 0. The van der Waals surface area contributed by atoms with Gasteiger partial charge in [-0.1, -0.05) is 55.4 Å². The first kappa shape index (κ1) is 20.9. The van der Waals surface area contributed by atoms with E-state index in [4.69, 9.17) is 0 Å². The quantitative estimate of drug-likeness (QED) is 0.536. The predicted octanol–water partition coefficient (Wildman–Crippen LogP) is 6.84. The number of anilines is 1. The van der Waals surface area contributed by atoms with Crippen LogP contribution in [-0.2, 0) is 11.2 Å². The summed E-state index contributed by atoms with van der Waals surface area (Å²) in [4.78, 5) is 15.0. The largest absolute Gasteiger partial charge is 0.372 e. The molecule has 0 spiro atoms.